The van der Waals surface area contributed by atoms with E-state index in [1.807, 2.05) is 17.1 Å². The molecule has 5 heteroatoms. The Labute approximate surface area is 177 Å². The Morgan fingerprint density at radius 1 is 1.30 bits per heavy atom. The summed E-state index contributed by atoms with van der Waals surface area (Å²) in [5.74, 6) is 0.853. The third-order valence-electron chi connectivity index (χ3n) is 8.41. The summed E-state index contributed by atoms with van der Waals surface area (Å²) in [6.45, 7) is 6.23. The molecule has 5 rings (SSSR count). The van der Waals surface area contributed by atoms with E-state index in [0.29, 0.717) is 11.8 Å². The van der Waals surface area contributed by atoms with Gasteiger partial charge in [0.25, 0.3) is 0 Å². The summed E-state index contributed by atoms with van der Waals surface area (Å²) in [6, 6.07) is 0. The van der Waals surface area contributed by atoms with Gasteiger partial charge in [0.05, 0.1) is 6.33 Å². The van der Waals surface area contributed by atoms with E-state index in [1.54, 1.807) is 6.20 Å². The second kappa shape index (κ2) is 6.79. The number of carbonyl (C=O) groups excluding carboxylic acids is 2. The van der Waals surface area contributed by atoms with Crippen molar-refractivity contribution in [1.82, 2.24) is 9.55 Å². The van der Waals surface area contributed by atoms with E-state index in [4.69, 9.17) is 4.74 Å². The molecular weight excluding hydrogens is 376 g/mol. The minimum Gasteiger partial charge on any atom is -0.462 e. The van der Waals surface area contributed by atoms with Crippen molar-refractivity contribution >= 4 is 18.0 Å². The Morgan fingerprint density at radius 2 is 2.13 bits per heavy atom. The summed E-state index contributed by atoms with van der Waals surface area (Å²) < 4.78 is 7.58. The van der Waals surface area contributed by atoms with Crippen LogP contribution in [0.4, 0.5) is 0 Å². The monoisotopic (exact) mass is 406 g/mol. The van der Waals surface area contributed by atoms with Crippen molar-refractivity contribution in [3.05, 3.63) is 47.6 Å². The van der Waals surface area contributed by atoms with E-state index in [0.717, 1.165) is 56.1 Å². The SMILES string of the molecule is CC(=O)O[C@H]1CC[C@@]2(C)C(=CC[C@H]3C4=CC(C=O)=C(n5ccnc5)[C@@]4(C)CC[C@@H]32)C1. The minimum absolute atomic E-state index is 0.0223. The first-order chi connectivity index (χ1) is 14.4. The van der Waals surface area contributed by atoms with Crippen molar-refractivity contribution in [2.45, 2.75) is 65.4 Å². The second-order valence-electron chi connectivity index (χ2n) is 9.93. The summed E-state index contributed by atoms with van der Waals surface area (Å²) in [5, 5.41) is 0. The van der Waals surface area contributed by atoms with Gasteiger partial charge >= 0.3 is 5.97 Å². The topological polar surface area (TPSA) is 61.2 Å². The van der Waals surface area contributed by atoms with E-state index in [9.17, 15) is 9.59 Å². The molecule has 1 aromatic heterocycles. The van der Waals surface area contributed by atoms with Gasteiger partial charge in [0.15, 0.2) is 6.29 Å². The molecule has 0 bridgehead atoms. The Balaban J connectivity index is 1.48. The van der Waals surface area contributed by atoms with Gasteiger partial charge in [0.2, 0.25) is 0 Å². The molecule has 0 unspecified atom stereocenters. The zero-order valence-corrected chi connectivity index (χ0v) is 18.1. The number of ether oxygens (including phenoxy) is 1. The number of nitrogens with zero attached hydrogens (tertiary/aromatic N) is 2. The molecule has 4 aliphatic carbocycles. The highest BCUT2D eigenvalue weighted by Gasteiger charge is 2.55. The highest BCUT2D eigenvalue weighted by Crippen LogP contribution is 2.64. The molecular formula is C25H30N2O3. The fraction of sp³-hybridized carbons (Fsp3) is 0.560. The molecule has 2 saturated carbocycles. The Bertz CT molecular complexity index is 986. The van der Waals surface area contributed by atoms with E-state index >= 15 is 0 Å². The molecule has 0 aliphatic heterocycles. The Hall–Kier alpha value is -2.43. The minimum atomic E-state index is -0.179. The van der Waals surface area contributed by atoms with Crippen LogP contribution < -0.4 is 0 Å². The summed E-state index contributed by atoms with van der Waals surface area (Å²) in [4.78, 5) is 27.6. The molecule has 5 atom stereocenters. The van der Waals surface area contributed by atoms with Gasteiger partial charge in [-0.1, -0.05) is 31.1 Å². The van der Waals surface area contributed by atoms with Crippen molar-refractivity contribution in [3.8, 4) is 0 Å². The first-order valence-electron chi connectivity index (χ1n) is 11.1. The van der Waals surface area contributed by atoms with Crippen LogP contribution in [0.2, 0.25) is 0 Å². The largest absolute Gasteiger partial charge is 0.462 e. The fourth-order valence-corrected chi connectivity index (χ4v) is 7.01. The van der Waals surface area contributed by atoms with E-state index in [2.05, 4.69) is 31.0 Å². The van der Waals surface area contributed by atoms with Gasteiger partial charge in [-0.05, 0) is 55.4 Å². The lowest BCUT2D eigenvalue weighted by Gasteiger charge is -2.56. The van der Waals surface area contributed by atoms with Gasteiger partial charge < -0.3 is 9.30 Å². The molecule has 2 fully saturated rings. The van der Waals surface area contributed by atoms with Gasteiger partial charge in [-0.2, -0.15) is 0 Å². The molecule has 4 aliphatic rings. The number of imidazole rings is 1. The highest BCUT2D eigenvalue weighted by molar-refractivity contribution is 5.92. The normalized spacial score (nSPS) is 37.5. The van der Waals surface area contributed by atoms with Crippen LogP contribution in [0.25, 0.3) is 5.70 Å². The van der Waals surface area contributed by atoms with Crippen LogP contribution in [-0.2, 0) is 14.3 Å². The van der Waals surface area contributed by atoms with Crippen molar-refractivity contribution < 1.29 is 14.3 Å². The van der Waals surface area contributed by atoms with Crippen LogP contribution in [0.3, 0.4) is 0 Å². The zero-order valence-electron chi connectivity index (χ0n) is 18.1. The van der Waals surface area contributed by atoms with Crippen molar-refractivity contribution in [1.29, 1.82) is 0 Å². The maximum atomic E-state index is 12.0. The fourth-order valence-electron chi connectivity index (χ4n) is 7.01. The average molecular weight is 407 g/mol. The smallest absolute Gasteiger partial charge is 0.302 e. The standard InChI is InChI=1S/C25H30N2O3/c1-16(29)30-19-6-8-24(2)18(13-19)4-5-20-21(24)7-9-25(3)22(20)12-17(14-28)23(25)27-11-10-26-15-27/h4,10-12,14-15,19-21H,5-9,13H2,1-3H3/t19-,20+,21-,24-,25-/m0/s1. The number of allylic oxidation sites excluding steroid dienone is 5. The lowest BCUT2D eigenvalue weighted by molar-refractivity contribution is -0.148. The number of esters is 1. The van der Waals surface area contributed by atoms with Gasteiger partial charge in [-0.25, -0.2) is 4.98 Å². The van der Waals surface area contributed by atoms with Crippen molar-refractivity contribution in [2.75, 3.05) is 0 Å². The third kappa shape index (κ3) is 2.70. The van der Waals surface area contributed by atoms with E-state index in [1.165, 1.54) is 18.1 Å². The van der Waals surface area contributed by atoms with Crippen LogP contribution in [0.1, 0.15) is 59.3 Å². The molecule has 0 spiro atoms. The number of aromatic nitrogens is 2. The first-order valence-corrected chi connectivity index (χ1v) is 11.1. The van der Waals surface area contributed by atoms with Crippen molar-refractivity contribution in [3.63, 3.8) is 0 Å². The summed E-state index contributed by atoms with van der Waals surface area (Å²) in [5.41, 5.74) is 4.81. The molecule has 30 heavy (non-hydrogen) atoms. The highest BCUT2D eigenvalue weighted by atomic mass is 16.5. The van der Waals surface area contributed by atoms with Crippen LogP contribution in [-0.4, -0.2) is 27.9 Å². The zero-order chi connectivity index (χ0) is 21.1. The Kier molecular flexibility index (Phi) is 4.42. The van der Waals surface area contributed by atoms with Gasteiger partial charge in [0.1, 0.15) is 6.10 Å². The number of carbonyl (C=O) groups is 2. The summed E-state index contributed by atoms with van der Waals surface area (Å²) in [6.07, 6.45) is 17.2. The summed E-state index contributed by atoms with van der Waals surface area (Å²) in [7, 11) is 0. The maximum Gasteiger partial charge on any atom is 0.302 e. The number of rotatable bonds is 3. The molecule has 0 aromatic carbocycles. The van der Waals surface area contributed by atoms with Gasteiger partial charge in [0, 0.05) is 42.4 Å². The van der Waals surface area contributed by atoms with E-state index < -0.39 is 0 Å². The quantitative estimate of drug-likeness (QED) is 0.414. The number of fused-ring (bicyclic) bond motifs is 5. The first kappa shape index (κ1) is 19.5. The number of hydrogen-bond acceptors (Lipinski definition) is 4. The van der Waals surface area contributed by atoms with Crippen LogP contribution in [0, 0.1) is 22.7 Å². The maximum absolute atomic E-state index is 12.0. The molecule has 0 N–H and O–H groups in total. The predicted molar refractivity (Wildman–Crippen MR) is 114 cm³/mol. The van der Waals surface area contributed by atoms with Crippen LogP contribution >= 0.6 is 0 Å². The molecule has 1 heterocycles. The number of hydrogen-bond donors (Lipinski definition) is 0. The molecule has 158 valence electrons. The predicted octanol–water partition coefficient (Wildman–Crippen LogP) is 4.72. The molecule has 5 nitrogen and oxygen atoms in total. The van der Waals surface area contributed by atoms with Crippen LogP contribution in [0.15, 0.2) is 47.6 Å². The molecule has 1 aromatic rings. The van der Waals surface area contributed by atoms with Crippen molar-refractivity contribution in [2.24, 2.45) is 22.7 Å². The molecule has 0 saturated heterocycles. The van der Waals surface area contributed by atoms with E-state index in [-0.39, 0.29) is 22.9 Å². The average Bonchev–Trinajstić information content (AvgIpc) is 3.32. The van der Waals surface area contributed by atoms with Crippen LogP contribution in [0.5, 0.6) is 0 Å². The Morgan fingerprint density at radius 3 is 2.83 bits per heavy atom. The second-order valence-corrected chi connectivity index (χ2v) is 9.93. The lowest BCUT2D eigenvalue weighted by atomic mass is 9.49. The van der Waals surface area contributed by atoms with Gasteiger partial charge in [-0.3, -0.25) is 9.59 Å². The molecule has 0 amide bonds. The van der Waals surface area contributed by atoms with Gasteiger partial charge in [-0.15, -0.1) is 0 Å². The molecule has 0 radical (unpaired) electrons. The third-order valence-corrected chi connectivity index (χ3v) is 8.41. The lowest BCUT2D eigenvalue weighted by Crippen LogP contribution is -2.47. The summed E-state index contributed by atoms with van der Waals surface area (Å²) >= 11 is 0. The number of aldehydes is 1.